The minimum absolute atomic E-state index is 0.164. The van der Waals surface area contributed by atoms with Crippen LogP contribution in [0.2, 0.25) is 0 Å². The van der Waals surface area contributed by atoms with Gasteiger partial charge in [-0.05, 0) is 18.2 Å². The van der Waals surface area contributed by atoms with Crippen molar-refractivity contribution in [1.82, 2.24) is 14.9 Å². The lowest BCUT2D eigenvalue weighted by Gasteiger charge is -2.26. The van der Waals surface area contributed by atoms with Gasteiger partial charge in [0.05, 0.1) is 11.0 Å². The summed E-state index contributed by atoms with van der Waals surface area (Å²) in [5, 5.41) is 2.78. The summed E-state index contributed by atoms with van der Waals surface area (Å²) in [6.45, 7) is 1.44. The van der Waals surface area contributed by atoms with Gasteiger partial charge >= 0.3 is 6.03 Å². The van der Waals surface area contributed by atoms with Crippen LogP contribution >= 0.6 is 11.8 Å². The highest BCUT2D eigenvalue weighted by atomic mass is 32.2. The molecule has 1 aliphatic rings. The molecule has 0 radical (unpaired) electrons. The molecule has 0 spiro atoms. The van der Waals surface area contributed by atoms with Crippen LogP contribution in [-0.4, -0.2) is 45.5 Å². The maximum Gasteiger partial charge on any atom is 0.321 e. The number of hydrogen-bond acceptors (Lipinski definition) is 3. The number of H-pyrrole nitrogens is 1. The largest absolute Gasteiger partial charge is 0.337 e. The fourth-order valence-corrected chi connectivity index (χ4v) is 3.08. The number of nitrogens with one attached hydrogen (secondary N) is 2. The van der Waals surface area contributed by atoms with Gasteiger partial charge in [-0.15, -0.1) is 0 Å². The minimum atomic E-state index is -2.64. The third-order valence-corrected chi connectivity index (χ3v) is 4.20. The van der Waals surface area contributed by atoms with E-state index in [4.69, 9.17) is 0 Å². The van der Waals surface area contributed by atoms with Gasteiger partial charge in [-0.25, -0.2) is 18.6 Å². The maximum atomic E-state index is 12.6. The molecule has 0 bridgehead atoms. The third kappa shape index (κ3) is 3.10. The van der Waals surface area contributed by atoms with Crippen LogP contribution in [0.15, 0.2) is 18.2 Å². The first-order chi connectivity index (χ1) is 10.1. The Balaban J connectivity index is 1.75. The van der Waals surface area contributed by atoms with Gasteiger partial charge in [0.2, 0.25) is 0 Å². The standard InChI is InChI=1S/C13H14F2N4OS/c14-11(15)12-17-9-2-1-8(7-10(9)18-12)16-13(20)19-3-5-21-6-4-19/h1-2,7,11H,3-6H2,(H,16,20)(H,17,18). The first-order valence-corrected chi connectivity index (χ1v) is 7.70. The number of carbonyl (C=O) groups excluding carboxylic acids is 1. The molecule has 2 N–H and O–H groups in total. The Kier molecular flexibility index (Phi) is 3.96. The van der Waals surface area contributed by atoms with Gasteiger partial charge in [-0.3, -0.25) is 0 Å². The molecule has 0 saturated carbocycles. The molecule has 2 amide bonds. The number of fused-ring (bicyclic) bond motifs is 1. The number of halogens is 2. The van der Waals surface area contributed by atoms with Gasteiger partial charge < -0.3 is 15.2 Å². The van der Waals surface area contributed by atoms with Gasteiger partial charge in [-0.1, -0.05) is 0 Å². The molecular weight excluding hydrogens is 298 g/mol. The summed E-state index contributed by atoms with van der Waals surface area (Å²) in [6, 6.07) is 4.72. The molecular formula is C13H14F2N4OS. The van der Waals surface area contributed by atoms with Crippen molar-refractivity contribution in [3.8, 4) is 0 Å². The highest BCUT2D eigenvalue weighted by Crippen LogP contribution is 2.22. The van der Waals surface area contributed by atoms with Crippen molar-refractivity contribution in [2.75, 3.05) is 29.9 Å². The first-order valence-electron chi connectivity index (χ1n) is 6.55. The molecule has 0 unspecified atom stereocenters. The van der Waals surface area contributed by atoms with Crippen LogP contribution in [0, 0.1) is 0 Å². The van der Waals surface area contributed by atoms with Crippen LogP contribution in [0.1, 0.15) is 12.2 Å². The highest BCUT2D eigenvalue weighted by molar-refractivity contribution is 7.99. The molecule has 0 aliphatic carbocycles. The Morgan fingerprint density at radius 2 is 2.14 bits per heavy atom. The van der Waals surface area contributed by atoms with Crippen LogP contribution in [-0.2, 0) is 0 Å². The van der Waals surface area contributed by atoms with E-state index in [1.807, 2.05) is 11.8 Å². The molecule has 1 saturated heterocycles. The van der Waals surface area contributed by atoms with E-state index >= 15 is 0 Å². The van der Waals surface area contributed by atoms with Crippen LogP contribution in [0.4, 0.5) is 19.3 Å². The number of aromatic nitrogens is 2. The van der Waals surface area contributed by atoms with Crippen molar-refractivity contribution in [1.29, 1.82) is 0 Å². The van der Waals surface area contributed by atoms with Crippen molar-refractivity contribution >= 4 is 34.5 Å². The van der Waals surface area contributed by atoms with Crippen molar-refractivity contribution in [2.45, 2.75) is 6.43 Å². The van der Waals surface area contributed by atoms with Crippen LogP contribution in [0.3, 0.4) is 0 Å². The average Bonchev–Trinajstić information content (AvgIpc) is 2.91. The van der Waals surface area contributed by atoms with Gasteiger partial charge in [-0.2, -0.15) is 11.8 Å². The Labute approximate surface area is 124 Å². The molecule has 1 aromatic heterocycles. The molecule has 2 aromatic rings. The molecule has 2 heterocycles. The van der Waals surface area contributed by atoms with Crippen LogP contribution in [0.5, 0.6) is 0 Å². The normalized spacial score (nSPS) is 15.7. The summed E-state index contributed by atoms with van der Waals surface area (Å²) in [5.74, 6) is 1.51. The molecule has 1 fully saturated rings. The second-order valence-electron chi connectivity index (χ2n) is 4.68. The van der Waals surface area contributed by atoms with Gasteiger partial charge in [0.15, 0.2) is 5.82 Å². The van der Waals surface area contributed by atoms with Crippen molar-refractivity contribution in [2.24, 2.45) is 0 Å². The molecule has 1 aromatic carbocycles. The monoisotopic (exact) mass is 312 g/mol. The van der Waals surface area contributed by atoms with E-state index < -0.39 is 6.43 Å². The summed E-state index contributed by atoms with van der Waals surface area (Å²) in [4.78, 5) is 20.2. The number of urea groups is 1. The number of thioether (sulfide) groups is 1. The quantitative estimate of drug-likeness (QED) is 0.896. The van der Waals surface area contributed by atoms with E-state index in [1.54, 1.807) is 23.1 Å². The number of alkyl halides is 2. The lowest BCUT2D eigenvalue weighted by Crippen LogP contribution is -2.40. The molecule has 8 heteroatoms. The zero-order valence-corrected chi connectivity index (χ0v) is 11.9. The lowest BCUT2D eigenvalue weighted by molar-refractivity contribution is 0.142. The predicted octanol–water partition coefficient (Wildman–Crippen LogP) is 3.08. The highest BCUT2D eigenvalue weighted by Gasteiger charge is 2.17. The Bertz CT molecular complexity index is 655. The maximum absolute atomic E-state index is 12.6. The van der Waals surface area contributed by atoms with Gasteiger partial charge in [0.25, 0.3) is 6.43 Å². The summed E-state index contributed by atoms with van der Waals surface area (Å²) in [5.41, 5.74) is 1.50. The summed E-state index contributed by atoms with van der Waals surface area (Å²) in [7, 11) is 0. The fourth-order valence-electron chi connectivity index (χ4n) is 2.18. The topological polar surface area (TPSA) is 61.0 Å². The number of imidazole rings is 1. The molecule has 112 valence electrons. The first kappa shape index (κ1) is 14.1. The molecule has 1 aliphatic heterocycles. The third-order valence-electron chi connectivity index (χ3n) is 3.26. The van der Waals surface area contributed by atoms with E-state index in [1.165, 1.54) is 0 Å². The Morgan fingerprint density at radius 1 is 1.38 bits per heavy atom. The number of rotatable bonds is 2. The average molecular weight is 312 g/mol. The Hall–Kier alpha value is -1.83. The number of carbonyl (C=O) groups is 1. The van der Waals surface area contributed by atoms with Gasteiger partial charge in [0, 0.05) is 30.3 Å². The van der Waals surface area contributed by atoms with Crippen molar-refractivity contribution < 1.29 is 13.6 Å². The SMILES string of the molecule is O=C(Nc1ccc2nc(C(F)F)[nH]c2c1)N1CCSCC1. The Morgan fingerprint density at radius 3 is 2.86 bits per heavy atom. The van der Waals surface area contributed by atoms with E-state index in [0.717, 1.165) is 24.6 Å². The smallest absolute Gasteiger partial charge is 0.321 e. The fraction of sp³-hybridized carbons (Fsp3) is 0.385. The van der Waals surface area contributed by atoms with Crippen LogP contribution < -0.4 is 5.32 Å². The minimum Gasteiger partial charge on any atom is -0.337 e. The number of hydrogen-bond donors (Lipinski definition) is 2. The van der Waals surface area contributed by atoms with Gasteiger partial charge in [0.1, 0.15) is 0 Å². The van der Waals surface area contributed by atoms with E-state index in [9.17, 15) is 13.6 Å². The van der Waals surface area contributed by atoms with E-state index in [2.05, 4.69) is 15.3 Å². The zero-order chi connectivity index (χ0) is 14.8. The number of amides is 2. The van der Waals surface area contributed by atoms with Crippen LogP contribution in [0.25, 0.3) is 11.0 Å². The lowest BCUT2D eigenvalue weighted by atomic mass is 10.3. The number of nitrogens with zero attached hydrogens (tertiary/aromatic N) is 2. The second-order valence-corrected chi connectivity index (χ2v) is 5.91. The second kappa shape index (κ2) is 5.88. The zero-order valence-electron chi connectivity index (χ0n) is 11.1. The number of benzene rings is 1. The molecule has 3 rings (SSSR count). The summed E-state index contributed by atoms with van der Waals surface area (Å²) in [6.07, 6.45) is -2.64. The van der Waals surface area contributed by atoms with E-state index in [-0.39, 0.29) is 11.9 Å². The predicted molar refractivity (Wildman–Crippen MR) is 79.0 cm³/mol. The summed E-state index contributed by atoms with van der Waals surface area (Å²) >= 11 is 1.82. The number of aromatic amines is 1. The van der Waals surface area contributed by atoms with Crippen molar-refractivity contribution in [3.63, 3.8) is 0 Å². The number of anilines is 1. The van der Waals surface area contributed by atoms with Crippen molar-refractivity contribution in [3.05, 3.63) is 24.0 Å². The van der Waals surface area contributed by atoms with E-state index in [0.29, 0.717) is 16.7 Å². The summed E-state index contributed by atoms with van der Waals surface area (Å²) < 4.78 is 25.2. The molecule has 0 atom stereocenters. The molecule has 21 heavy (non-hydrogen) atoms. The molecule has 5 nitrogen and oxygen atoms in total.